The highest BCUT2D eigenvalue weighted by molar-refractivity contribution is 5.97. The molecule has 1 aromatic heterocycles. The second-order valence-electron chi connectivity index (χ2n) is 4.99. The molecule has 0 aliphatic heterocycles. The number of methoxy groups -OCH3 is 1. The molecule has 1 amide bonds. The van der Waals surface area contributed by atoms with Crippen LogP contribution in [0, 0.1) is 0 Å². The Hall–Kier alpha value is -3.15. The molecular formula is C17H15N3O3. The van der Waals surface area contributed by atoms with Crippen LogP contribution in [0.15, 0.2) is 58.8 Å². The van der Waals surface area contributed by atoms with E-state index in [1.165, 1.54) is 7.11 Å². The Bertz CT molecular complexity index is 913. The van der Waals surface area contributed by atoms with E-state index in [1.54, 1.807) is 35.9 Å². The number of carbonyl (C=O) groups excluding carboxylic acids is 1. The summed E-state index contributed by atoms with van der Waals surface area (Å²) in [5.74, 6) is 0.0312. The largest absolute Gasteiger partial charge is 0.497 e. The van der Waals surface area contributed by atoms with Crippen molar-refractivity contribution in [3.8, 4) is 11.6 Å². The van der Waals surface area contributed by atoms with Crippen LogP contribution in [0.4, 0.5) is 5.69 Å². The molecule has 2 aromatic carbocycles. The highest BCUT2D eigenvalue weighted by Gasteiger charge is 2.14. The summed E-state index contributed by atoms with van der Waals surface area (Å²) in [5.41, 5.74) is 1.46. The molecule has 0 atom stereocenters. The van der Waals surface area contributed by atoms with Gasteiger partial charge in [0.25, 0.3) is 5.91 Å². The van der Waals surface area contributed by atoms with Crippen molar-refractivity contribution in [2.45, 2.75) is 0 Å². The topological polar surface area (TPSA) is 76.2 Å². The molecule has 23 heavy (non-hydrogen) atoms. The first-order valence-electron chi connectivity index (χ1n) is 6.98. The average Bonchev–Trinajstić information content (AvgIpc) is 2.84. The van der Waals surface area contributed by atoms with Gasteiger partial charge in [0.15, 0.2) is 5.69 Å². The first-order valence-corrected chi connectivity index (χ1v) is 6.98. The Morgan fingerprint density at radius 2 is 1.96 bits per heavy atom. The molecule has 0 aliphatic carbocycles. The molecular weight excluding hydrogens is 294 g/mol. The van der Waals surface area contributed by atoms with E-state index in [2.05, 4.69) is 10.2 Å². The second kappa shape index (κ2) is 5.92. The van der Waals surface area contributed by atoms with Gasteiger partial charge in [0.2, 0.25) is 5.88 Å². The molecule has 116 valence electrons. The number of benzene rings is 2. The first kappa shape index (κ1) is 14.8. The van der Waals surface area contributed by atoms with Crippen LogP contribution < -0.4 is 4.74 Å². The molecule has 0 aliphatic rings. The Kier molecular flexibility index (Phi) is 3.80. The van der Waals surface area contributed by atoms with Crippen LogP contribution in [0.3, 0.4) is 0 Å². The van der Waals surface area contributed by atoms with Crippen molar-refractivity contribution in [3.63, 3.8) is 0 Å². The molecule has 0 spiro atoms. The summed E-state index contributed by atoms with van der Waals surface area (Å²) in [4.78, 5) is 12.1. The normalized spacial score (nSPS) is 11.2. The molecule has 1 N–H and O–H groups in total. The van der Waals surface area contributed by atoms with Crippen LogP contribution in [0.25, 0.3) is 10.9 Å². The lowest BCUT2D eigenvalue weighted by atomic mass is 10.2. The maximum atomic E-state index is 12.1. The first-order chi connectivity index (χ1) is 11.1. The zero-order valence-electron chi connectivity index (χ0n) is 12.7. The van der Waals surface area contributed by atoms with E-state index in [-0.39, 0.29) is 11.6 Å². The van der Waals surface area contributed by atoms with Crippen molar-refractivity contribution >= 4 is 22.5 Å². The molecule has 0 saturated heterocycles. The number of nitrogens with zero attached hydrogens (tertiary/aromatic N) is 3. The molecule has 0 fully saturated rings. The number of hydrogen-bond donors (Lipinski definition) is 1. The molecule has 0 unspecified atom stereocenters. The number of hydrogen-bond acceptors (Lipinski definition) is 4. The monoisotopic (exact) mass is 309 g/mol. The predicted octanol–water partition coefficient (Wildman–Crippen LogP) is 3.82. The SMILES string of the molecule is COc1cccc(C(=O)N=Nc2c(O)n(C)c3ccccc23)c1. The highest BCUT2D eigenvalue weighted by Crippen LogP contribution is 2.37. The van der Waals surface area contributed by atoms with Gasteiger partial charge in [0.05, 0.1) is 12.6 Å². The maximum absolute atomic E-state index is 12.1. The van der Waals surface area contributed by atoms with Crippen LogP contribution in [-0.4, -0.2) is 22.7 Å². The molecule has 1 heterocycles. The van der Waals surface area contributed by atoms with Crippen molar-refractivity contribution in [2.24, 2.45) is 17.3 Å². The average molecular weight is 309 g/mol. The number of fused-ring (bicyclic) bond motifs is 1. The van der Waals surface area contributed by atoms with Gasteiger partial charge >= 0.3 is 0 Å². The number of aryl methyl sites for hydroxylation is 1. The Labute approximate surface area is 132 Å². The van der Waals surface area contributed by atoms with E-state index < -0.39 is 5.91 Å². The zero-order valence-corrected chi connectivity index (χ0v) is 12.7. The number of para-hydroxylation sites is 1. The summed E-state index contributed by atoms with van der Waals surface area (Å²) in [7, 11) is 3.25. The minimum absolute atomic E-state index is 0.0339. The Balaban J connectivity index is 1.97. The second-order valence-corrected chi connectivity index (χ2v) is 4.99. The van der Waals surface area contributed by atoms with Crippen molar-refractivity contribution in [2.75, 3.05) is 7.11 Å². The van der Waals surface area contributed by atoms with Crippen LogP contribution in [0.2, 0.25) is 0 Å². The standard InChI is InChI=1S/C17H15N3O3/c1-20-14-9-4-3-8-13(14)15(17(20)22)18-19-16(21)11-6-5-7-12(10-11)23-2/h3-10,22H,1-2H3. The van der Waals surface area contributed by atoms with Crippen LogP contribution in [0.5, 0.6) is 11.6 Å². The third-order valence-electron chi connectivity index (χ3n) is 3.61. The van der Waals surface area contributed by atoms with Crippen LogP contribution >= 0.6 is 0 Å². The van der Waals surface area contributed by atoms with Crippen molar-refractivity contribution in [1.29, 1.82) is 0 Å². The molecule has 0 saturated carbocycles. The van der Waals surface area contributed by atoms with Crippen molar-refractivity contribution in [1.82, 2.24) is 4.57 Å². The number of ether oxygens (including phenoxy) is 1. The quantitative estimate of drug-likeness (QED) is 0.747. The van der Waals surface area contributed by atoms with Gasteiger partial charge in [-0.2, -0.15) is 0 Å². The summed E-state index contributed by atoms with van der Waals surface area (Å²) in [6.45, 7) is 0. The van der Waals surface area contributed by atoms with Crippen molar-refractivity contribution in [3.05, 3.63) is 54.1 Å². The number of rotatable bonds is 3. The predicted molar refractivity (Wildman–Crippen MR) is 86.4 cm³/mol. The van der Waals surface area contributed by atoms with E-state index >= 15 is 0 Å². The molecule has 3 aromatic rings. The smallest absolute Gasteiger partial charge is 0.295 e. The summed E-state index contributed by atoms with van der Waals surface area (Å²) < 4.78 is 6.68. The Morgan fingerprint density at radius 3 is 2.74 bits per heavy atom. The van der Waals surface area contributed by atoms with E-state index in [0.29, 0.717) is 11.3 Å². The number of azo groups is 1. The summed E-state index contributed by atoms with van der Waals surface area (Å²) in [5, 5.41) is 18.6. The lowest BCUT2D eigenvalue weighted by Gasteiger charge is -2.00. The number of aromatic nitrogens is 1. The van der Waals surface area contributed by atoms with E-state index in [1.807, 2.05) is 24.3 Å². The summed E-state index contributed by atoms with van der Waals surface area (Å²) >= 11 is 0. The van der Waals surface area contributed by atoms with Gasteiger partial charge in [-0.1, -0.05) is 24.3 Å². The number of carbonyl (C=O) groups is 1. The lowest BCUT2D eigenvalue weighted by molar-refractivity contribution is 0.0994. The zero-order chi connectivity index (χ0) is 16.4. The van der Waals surface area contributed by atoms with Gasteiger partial charge in [-0.15, -0.1) is 10.2 Å². The highest BCUT2D eigenvalue weighted by atomic mass is 16.5. The van der Waals surface area contributed by atoms with Crippen molar-refractivity contribution < 1.29 is 14.6 Å². The van der Waals surface area contributed by atoms with Crippen LogP contribution in [0.1, 0.15) is 10.4 Å². The summed E-state index contributed by atoms with van der Waals surface area (Å²) in [6, 6.07) is 14.0. The molecule has 0 radical (unpaired) electrons. The Morgan fingerprint density at radius 1 is 1.17 bits per heavy atom. The minimum atomic E-state index is -0.503. The van der Waals surface area contributed by atoms with E-state index in [4.69, 9.17) is 4.74 Å². The number of amides is 1. The lowest BCUT2D eigenvalue weighted by Crippen LogP contribution is -1.94. The van der Waals surface area contributed by atoms with Crippen LogP contribution in [-0.2, 0) is 7.05 Å². The van der Waals surface area contributed by atoms with Gasteiger partial charge in [-0.05, 0) is 24.3 Å². The molecule has 0 bridgehead atoms. The maximum Gasteiger partial charge on any atom is 0.295 e. The molecule has 3 rings (SSSR count). The fourth-order valence-electron chi connectivity index (χ4n) is 2.37. The third kappa shape index (κ3) is 2.66. The minimum Gasteiger partial charge on any atom is -0.497 e. The number of aromatic hydroxyl groups is 1. The van der Waals surface area contributed by atoms with Gasteiger partial charge in [-0.3, -0.25) is 4.79 Å². The van der Waals surface area contributed by atoms with Gasteiger partial charge in [-0.25, -0.2) is 0 Å². The van der Waals surface area contributed by atoms with E-state index in [9.17, 15) is 9.90 Å². The third-order valence-corrected chi connectivity index (χ3v) is 3.61. The fourth-order valence-corrected chi connectivity index (χ4v) is 2.37. The summed E-state index contributed by atoms with van der Waals surface area (Å²) in [6.07, 6.45) is 0. The van der Waals surface area contributed by atoms with Gasteiger partial charge in [0, 0.05) is 18.0 Å². The van der Waals surface area contributed by atoms with E-state index in [0.717, 1.165) is 10.9 Å². The van der Waals surface area contributed by atoms with Gasteiger partial charge in [0.1, 0.15) is 5.75 Å². The van der Waals surface area contributed by atoms with Gasteiger partial charge < -0.3 is 14.4 Å². The fraction of sp³-hybridized carbons (Fsp3) is 0.118. The molecule has 6 heteroatoms. The molecule has 6 nitrogen and oxygen atoms in total.